The summed E-state index contributed by atoms with van der Waals surface area (Å²) in [5, 5.41) is 8.32. The second kappa shape index (κ2) is 5.64. The van der Waals surface area contributed by atoms with Crippen molar-refractivity contribution in [2.24, 2.45) is 0 Å². The van der Waals surface area contributed by atoms with Crippen LogP contribution in [-0.4, -0.2) is 25.7 Å². The predicted octanol–water partition coefficient (Wildman–Crippen LogP) is 2.28. The lowest BCUT2D eigenvalue weighted by molar-refractivity contribution is 0.552. The van der Waals surface area contributed by atoms with Crippen LogP contribution >= 0.6 is 11.6 Å². The highest BCUT2D eigenvalue weighted by Crippen LogP contribution is 2.11. The minimum Gasteiger partial charge on any atom is -0.309 e. The third-order valence-electron chi connectivity index (χ3n) is 3.05. The first kappa shape index (κ1) is 13.1. The molecule has 3 aromatic rings. The quantitative estimate of drug-likeness (QED) is 0.733. The van der Waals surface area contributed by atoms with E-state index in [1.165, 1.54) is 5.56 Å². The van der Waals surface area contributed by atoms with Gasteiger partial charge in [-0.25, -0.2) is 4.98 Å². The fraction of sp³-hybridized carbons (Fsp3) is 0.286. The number of imidazole rings is 1. The minimum absolute atomic E-state index is 0.712. The number of halogens is 1. The Morgan fingerprint density at radius 3 is 2.95 bits per heavy atom. The molecule has 1 N–H and O–H groups in total. The van der Waals surface area contributed by atoms with Crippen LogP contribution in [0.1, 0.15) is 11.3 Å². The summed E-state index contributed by atoms with van der Waals surface area (Å²) in [5.41, 5.74) is 3.10. The summed E-state index contributed by atoms with van der Waals surface area (Å²) in [7, 11) is 0. The molecular weight excluding hydrogens is 274 g/mol. The zero-order chi connectivity index (χ0) is 13.9. The lowest BCUT2D eigenvalue weighted by Gasteiger charge is -2.02. The van der Waals surface area contributed by atoms with Crippen LogP contribution in [0.3, 0.4) is 0 Å². The van der Waals surface area contributed by atoms with E-state index in [4.69, 9.17) is 11.6 Å². The molecule has 0 aromatic carbocycles. The van der Waals surface area contributed by atoms with Crippen LogP contribution in [0.4, 0.5) is 0 Å². The standard InChI is InChI=1S/C14H16ClN5/c1-11-6-17-20(8-11)5-4-16-7-13-10-19-9-12(15)2-3-14(19)18-13/h2-3,6,8-10,16H,4-5,7H2,1H3. The second-order valence-corrected chi connectivity index (χ2v) is 5.24. The van der Waals surface area contributed by atoms with Crippen molar-refractivity contribution >= 4 is 17.2 Å². The van der Waals surface area contributed by atoms with Gasteiger partial charge in [0.05, 0.1) is 23.5 Å². The number of hydrogen-bond donors (Lipinski definition) is 1. The number of fused-ring (bicyclic) bond motifs is 1. The second-order valence-electron chi connectivity index (χ2n) is 4.80. The van der Waals surface area contributed by atoms with Gasteiger partial charge < -0.3 is 9.72 Å². The summed E-state index contributed by atoms with van der Waals surface area (Å²) in [6, 6.07) is 3.76. The van der Waals surface area contributed by atoms with Crippen molar-refractivity contribution < 1.29 is 0 Å². The Labute approximate surface area is 122 Å². The van der Waals surface area contributed by atoms with Gasteiger partial charge in [0.1, 0.15) is 5.65 Å². The smallest absolute Gasteiger partial charge is 0.137 e. The van der Waals surface area contributed by atoms with E-state index in [-0.39, 0.29) is 0 Å². The SMILES string of the molecule is Cc1cnn(CCNCc2cn3cc(Cl)ccc3n2)c1. The highest BCUT2D eigenvalue weighted by Gasteiger charge is 2.01. The predicted molar refractivity (Wildman–Crippen MR) is 78.9 cm³/mol. The Morgan fingerprint density at radius 1 is 1.25 bits per heavy atom. The van der Waals surface area contributed by atoms with Crippen molar-refractivity contribution in [2.75, 3.05) is 6.54 Å². The highest BCUT2D eigenvalue weighted by atomic mass is 35.5. The molecule has 3 heterocycles. The van der Waals surface area contributed by atoms with Gasteiger partial charge in [0.2, 0.25) is 0 Å². The Balaban J connectivity index is 1.54. The molecule has 0 saturated heterocycles. The molecule has 6 heteroatoms. The molecule has 0 amide bonds. The van der Waals surface area contributed by atoms with Gasteiger partial charge in [0.15, 0.2) is 0 Å². The molecular formula is C14H16ClN5. The molecule has 0 fully saturated rings. The van der Waals surface area contributed by atoms with E-state index in [0.717, 1.165) is 31.0 Å². The zero-order valence-electron chi connectivity index (χ0n) is 11.3. The maximum absolute atomic E-state index is 5.95. The average molecular weight is 290 g/mol. The molecule has 0 aliphatic carbocycles. The monoisotopic (exact) mass is 289 g/mol. The topological polar surface area (TPSA) is 47.2 Å². The van der Waals surface area contributed by atoms with Gasteiger partial charge in [-0.1, -0.05) is 11.6 Å². The highest BCUT2D eigenvalue weighted by molar-refractivity contribution is 6.30. The van der Waals surface area contributed by atoms with E-state index in [1.807, 2.05) is 52.9 Å². The van der Waals surface area contributed by atoms with E-state index in [1.54, 1.807) is 0 Å². The summed E-state index contributed by atoms with van der Waals surface area (Å²) < 4.78 is 3.88. The molecule has 0 bridgehead atoms. The average Bonchev–Trinajstić information content (AvgIpc) is 3.00. The van der Waals surface area contributed by atoms with Crippen molar-refractivity contribution in [3.05, 3.63) is 53.2 Å². The Hall–Kier alpha value is -1.85. The Bertz CT molecular complexity index is 715. The summed E-state index contributed by atoms with van der Waals surface area (Å²) in [4.78, 5) is 4.52. The molecule has 0 aliphatic heterocycles. The van der Waals surface area contributed by atoms with E-state index >= 15 is 0 Å². The third kappa shape index (κ3) is 3.00. The van der Waals surface area contributed by atoms with Gasteiger partial charge >= 0.3 is 0 Å². The van der Waals surface area contributed by atoms with E-state index in [2.05, 4.69) is 15.4 Å². The zero-order valence-corrected chi connectivity index (χ0v) is 12.0. The molecule has 0 aliphatic rings. The largest absolute Gasteiger partial charge is 0.309 e. The maximum Gasteiger partial charge on any atom is 0.137 e. The molecule has 5 nitrogen and oxygen atoms in total. The van der Waals surface area contributed by atoms with Gasteiger partial charge in [0.25, 0.3) is 0 Å². The van der Waals surface area contributed by atoms with Gasteiger partial charge in [-0.05, 0) is 24.6 Å². The molecule has 0 spiro atoms. The molecule has 0 atom stereocenters. The lowest BCUT2D eigenvalue weighted by Crippen LogP contribution is -2.19. The third-order valence-corrected chi connectivity index (χ3v) is 3.27. The Kier molecular flexibility index (Phi) is 3.71. The van der Waals surface area contributed by atoms with Crippen molar-refractivity contribution in [3.8, 4) is 0 Å². The van der Waals surface area contributed by atoms with Crippen LogP contribution in [0.2, 0.25) is 5.02 Å². The first-order chi connectivity index (χ1) is 9.70. The van der Waals surface area contributed by atoms with Crippen molar-refractivity contribution in [1.29, 1.82) is 0 Å². The van der Waals surface area contributed by atoms with Crippen LogP contribution in [0.5, 0.6) is 0 Å². The first-order valence-electron chi connectivity index (χ1n) is 6.53. The number of nitrogens with zero attached hydrogens (tertiary/aromatic N) is 4. The van der Waals surface area contributed by atoms with Gasteiger partial charge in [0, 0.05) is 31.7 Å². The number of pyridine rings is 1. The molecule has 0 radical (unpaired) electrons. The molecule has 104 valence electrons. The van der Waals surface area contributed by atoms with Crippen LogP contribution in [0, 0.1) is 6.92 Å². The number of rotatable bonds is 5. The van der Waals surface area contributed by atoms with Crippen molar-refractivity contribution in [3.63, 3.8) is 0 Å². The van der Waals surface area contributed by atoms with Crippen molar-refractivity contribution in [1.82, 2.24) is 24.5 Å². The lowest BCUT2D eigenvalue weighted by atomic mass is 10.4. The Morgan fingerprint density at radius 2 is 2.15 bits per heavy atom. The van der Waals surface area contributed by atoms with E-state index in [9.17, 15) is 0 Å². The van der Waals surface area contributed by atoms with E-state index < -0.39 is 0 Å². The van der Waals surface area contributed by atoms with Crippen molar-refractivity contribution in [2.45, 2.75) is 20.0 Å². The first-order valence-corrected chi connectivity index (χ1v) is 6.91. The summed E-state index contributed by atoms with van der Waals surface area (Å²) in [5.74, 6) is 0. The van der Waals surface area contributed by atoms with Crippen LogP contribution < -0.4 is 5.32 Å². The number of hydrogen-bond acceptors (Lipinski definition) is 3. The fourth-order valence-electron chi connectivity index (χ4n) is 2.10. The minimum atomic E-state index is 0.712. The molecule has 3 aromatic heterocycles. The van der Waals surface area contributed by atoms with Crippen LogP contribution in [-0.2, 0) is 13.1 Å². The maximum atomic E-state index is 5.95. The molecule has 3 rings (SSSR count). The summed E-state index contributed by atoms with van der Waals surface area (Å²) >= 11 is 5.95. The van der Waals surface area contributed by atoms with Gasteiger partial charge in [-0.2, -0.15) is 5.10 Å². The molecule has 20 heavy (non-hydrogen) atoms. The number of aryl methyl sites for hydroxylation is 1. The van der Waals surface area contributed by atoms with E-state index in [0.29, 0.717) is 5.02 Å². The van der Waals surface area contributed by atoms with Crippen LogP contribution in [0.25, 0.3) is 5.65 Å². The summed E-state index contributed by atoms with van der Waals surface area (Å²) in [6.07, 6.45) is 7.76. The number of nitrogens with one attached hydrogen (secondary N) is 1. The molecule has 0 unspecified atom stereocenters. The summed E-state index contributed by atoms with van der Waals surface area (Å²) in [6.45, 7) is 4.49. The van der Waals surface area contributed by atoms with Gasteiger partial charge in [-0.15, -0.1) is 0 Å². The fourth-order valence-corrected chi connectivity index (χ4v) is 2.27. The normalized spacial score (nSPS) is 11.3. The molecule has 0 saturated carbocycles. The van der Waals surface area contributed by atoms with Gasteiger partial charge in [-0.3, -0.25) is 4.68 Å². The van der Waals surface area contributed by atoms with Crippen LogP contribution in [0.15, 0.2) is 36.9 Å². The number of aromatic nitrogens is 4.